The van der Waals surface area contributed by atoms with E-state index in [9.17, 15) is 5.11 Å². The summed E-state index contributed by atoms with van der Waals surface area (Å²) in [6, 6.07) is 8.27. The van der Waals surface area contributed by atoms with Gasteiger partial charge in [0.15, 0.2) is 0 Å². The van der Waals surface area contributed by atoms with Gasteiger partial charge in [0.05, 0.1) is 13.2 Å². The summed E-state index contributed by atoms with van der Waals surface area (Å²) in [5.41, 5.74) is 7.28. The van der Waals surface area contributed by atoms with Gasteiger partial charge in [0, 0.05) is 23.3 Å². The largest absolute Gasteiger partial charge is 0.395 e. The zero-order valence-electron chi connectivity index (χ0n) is 11.3. The molecule has 0 aromatic heterocycles. The molecule has 2 atom stereocenters. The van der Waals surface area contributed by atoms with Gasteiger partial charge in [0.2, 0.25) is 0 Å². The number of ether oxygens (including phenoxy) is 1. The van der Waals surface area contributed by atoms with Crippen LogP contribution in [-0.4, -0.2) is 36.7 Å². The second-order valence-corrected chi connectivity index (χ2v) is 5.99. The van der Waals surface area contributed by atoms with Gasteiger partial charge in [-0.1, -0.05) is 26.0 Å². The molecule has 0 fully saturated rings. The Morgan fingerprint density at radius 3 is 2.33 bits per heavy atom. The first-order valence-electron chi connectivity index (χ1n) is 6.20. The van der Waals surface area contributed by atoms with Crippen molar-refractivity contribution in [3.8, 4) is 0 Å². The van der Waals surface area contributed by atoms with E-state index in [1.807, 2.05) is 0 Å². The molecule has 0 aliphatic carbocycles. The van der Waals surface area contributed by atoms with Crippen molar-refractivity contribution in [3.05, 3.63) is 29.8 Å². The Balaban J connectivity index is 2.64. The summed E-state index contributed by atoms with van der Waals surface area (Å²) >= 11 is 1.60. The molecule has 0 saturated carbocycles. The molecule has 102 valence electrons. The van der Waals surface area contributed by atoms with Gasteiger partial charge in [-0.3, -0.25) is 0 Å². The zero-order chi connectivity index (χ0) is 13.5. The van der Waals surface area contributed by atoms with E-state index in [2.05, 4.69) is 38.1 Å². The maximum absolute atomic E-state index is 9.37. The maximum Gasteiger partial charge on any atom is 0.0625 e. The molecule has 4 heteroatoms. The average molecular weight is 269 g/mol. The third-order valence-electron chi connectivity index (χ3n) is 2.85. The summed E-state index contributed by atoms with van der Waals surface area (Å²) in [6.45, 7) is 4.86. The Hall–Kier alpha value is -0.550. The van der Waals surface area contributed by atoms with Gasteiger partial charge in [-0.2, -0.15) is 0 Å². The molecule has 0 aliphatic rings. The quantitative estimate of drug-likeness (QED) is 0.745. The zero-order valence-corrected chi connectivity index (χ0v) is 12.1. The van der Waals surface area contributed by atoms with Crippen LogP contribution < -0.4 is 5.73 Å². The van der Waals surface area contributed by atoms with Crippen LogP contribution in [0.15, 0.2) is 29.2 Å². The SMILES string of the molecule is COCC(N)C(CO)Sc1ccc(C(C)C)cc1. The van der Waals surface area contributed by atoms with E-state index in [0.29, 0.717) is 12.5 Å². The molecule has 18 heavy (non-hydrogen) atoms. The number of nitrogens with two attached hydrogens (primary N) is 1. The minimum absolute atomic E-state index is 0.0325. The summed E-state index contributed by atoms with van der Waals surface area (Å²) in [7, 11) is 1.62. The molecule has 0 bridgehead atoms. The van der Waals surface area contributed by atoms with Gasteiger partial charge < -0.3 is 15.6 Å². The van der Waals surface area contributed by atoms with E-state index in [4.69, 9.17) is 10.5 Å². The van der Waals surface area contributed by atoms with Crippen LogP contribution in [-0.2, 0) is 4.74 Å². The number of benzene rings is 1. The topological polar surface area (TPSA) is 55.5 Å². The highest BCUT2D eigenvalue weighted by molar-refractivity contribution is 8.00. The van der Waals surface area contributed by atoms with Crippen LogP contribution in [0.3, 0.4) is 0 Å². The number of hydrogen-bond acceptors (Lipinski definition) is 4. The summed E-state index contributed by atoms with van der Waals surface area (Å²) in [5, 5.41) is 9.34. The molecule has 0 heterocycles. The van der Waals surface area contributed by atoms with Crippen LogP contribution in [0.2, 0.25) is 0 Å². The normalized spacial score (nSPS) is 14.8. The van der Waals surface area contributed by atoms with Gasteiger partial charge in [0.25, 0.3) is 0 Å². The molecular weight excluding hydrogens is 246 g/mol. The average Bonchev–Trinajstić information content (AvgIpc) is 2.36. The van der Waals surface area contributed by atoms with E-state index in [1.54, 1.807) is 18.9 Å². The van der Waals surface area contributed by atoms with Gasteiger partial charge >= 0.3 is 0 Å². The predicted octanol–water partition coefficient (Wildman–Crippen LogP) is 2.24. The Morgan fingerprint density at radius 2 is 1.89 bits per heavy atom. The van der Waals surface area contributed by atoms with Gasteiger partial charge in [-0.05, 0) is 23.6 Å². The molecule has 1 aromatic carbocycles. The van der Waals surface area contributed by atoms with E-state index in [-0.39, 0.29) is 17.9 Å². The minimum Gasteiger partial charge on any atom is -0.395 e. The van der Waals surface area contributed by atoms with Crippen molar-refractivity contribution >= 4 is 11.8 Å². The Labute approximate surface area is 114 Å². The first-order valence-corrected chi connectivity index (χ1v) is 7.08. The van der Waals surface area contributed by atoms with Gasteiger partial charge in [-0.15, -0.1) is 11.8 Å². The third kappa shape index (κ3) is 4.61. The molecular formula is C14H23NO2S. The van der Waals surface area contributed by atoms with Crippen molar-refractivity contribution in [2.24, 2.45) is 5.73 Å². The Morgan fingerprint density at radius 1 is 1.28 bits per heavy atom. The molecule has 1 aromatic rings. The van der Waals surface area contributed by atoms with Gasteiger partial charge in [0.1, 0.15) is 0 Å². The fourth-order valence-electron chi connectivity index (χ4n) is 1.67. The first-order chi connectivity index (χ1) is 8.58. The van der Waals surface area contributed by atoms with Crippen molar-refractivity contribution in [1.29, 1.82) is 0 Å². The summed E-state index contributed by atoms with van der Waals surface area (Å²) < 4.78 is 5.03. The summed E-state index contributed by atoms with van der Waals surface area (Å²) in [4.78, 5) is 1.13. The fourth-order valence-corrected chi connectivity index (χ4v) is 2.64. The smallest absolute Gasteiger partial charge is 0.0625 e. The maximum atomic E-state index is 9.37. The third-order valence-corrected chi connectivity index (χ3v) is 4.20. The van der Waals surface area contributed by atoms with Crippen LogP contribution in [0.1, 0.15) is 25.3 Å². The van der Waals surface area contributed by atoms with Crippen molar-refractivity contribution < 1.29 is 9.84 Å². The highest BCUT2D eigenvalue weighted by atomic mass is 32.2. The molecule has 3 N–H and O–H groups in total. The van der Waals surface area contributed by atoms with E-state index >= 15 is 0 Å². The van der Waals surface area contributed by atoms with Crippen molar-refractivity contribution in [3.63, 3.8) is 0 Å². The summed E-state index contributed by atoms with van der Waals surface area (Å²) in [5.74, 6) is 0.536. The standard InChI is InChI=1S/C14H23NO2S/c1-10(2)11-4-6-12(7-5-11)18-14(8-16)13(15)9-17-3/h4-7,10,13-14,16H,8-9,15H2,1-3H3. The first kappa shape index (κ1) is 15.5. The Kier molecular flexibility index (Phi) is 6.71. The molecule has 0 spiro atoms. The molecule has 0 aliphatic heterocycles. The highest BCUT2D eigenvalue weighted by Crippen LogP contribution is 2.26. The monoisotopic (exact) mass is 269 g/mol. The molecule has 0 saturated heterocycles. The van der Waals surface area contributed by atoms with E-state index in [1.165, 1.54) is 5.56 Å². The van der Waals surface area contributed by atoms with Gasteiger partial charge in [-0.25, -0.2) is 0 Å². The van der Waals surface area contributed by atoms with Crippen molar-refractivity contribution in [2.45, 2.75) is 36.0 Å². The molecule has 0 radical (unpaired) electrons. The lowest BCUT2D eigenvalue weighted by Gasteiger charge is -2.20. The number of thioether (sulfide) groups is 1. The van der Waals surface area contributed by atoms with Crippen molar-refractivity contribution in [2.75, 3.05) is 20.3 Å². The van der Waals surface area contributed by atoms with Crippen LogP contribution in [0.5, 0.6) is 0 Å². The lowest BCUT2D eigenvalue weighted by Crippen LogP contribution is -2.38. The predicted molar refractivity (Wildman–Crippen MR) is 77.1 cm³/mol. The second-order valence-electron chi connectivity index (χ2n) is 4.68. The van der Waals surface area contributed by atoms with Crippen LogP contribution in [0.4, 0.5) is 0 Å². The number of hydrogen-bond donors (Lipinski definition) is 2. The van der Waals surface area contributed by atoms with Crippen LogP contribution >= 0.6 is 11.8 Å². The fraction of sp³-hybridized carbons (Fsp3) is 0.571. The van der Waals surface area contributed by atoms with Crippen molar-refractivity contribution in [1.82, 2.24) is 0 Å². The molecule has 2 unspecified atom stereocenters. The molecule has 0 amide bonds. The molecule has 3 nitrogen and oxygen atoms in total. The second kappa shape index (κ2) is 7.79. The highest BCUT2D eigenvalue weighted by Gasteiger charge is 2.18. The lowest BCUT2D eigenvalue weighted by molar-refractivity contribution is 0.167. The minimum atomic E-state index is -0.158. The van der Waals surface area contributed by atoms with Crippen LogP contribution in [0.25, 0.3) is 0 Å². The lowest BCUT2D eigenvalue weighted by atomic mass is 10.0. The van der Waals surface area contributed by atoms with Crippen LogP contribution in [0, 0.1) is 0 Å². The Bertz CT molecular complexity index is 340. The summed E-state index contributed by atoms with van der Waals surface area (Å²) in [6.07, 6.45) is 0. The number of methoxy groups -OCH3 is 1. The van der Waals surface area contributed by atoms with E-state index in [0.717, 1.165) is 4.90 Å². The van der Waals surface area contributed by atoms with E-state index < -0.39 is 0 Å². The molecule has 1 rings (SSSR count). The number of rotatable bonds is 7. The number of aliphatic hydroxyl groups excluding tert-OH is 1. The number of aliphatic hydroxyl groups is 1.